The lowest BCUT2D eigenvalue weighted by Crippen LogP contribution is -2.31. The molecule has 0 aliphatic rings. The van der Waals surface area contributed by atoms with E-state index in [1.807, 2.05) is 59.1 Å². The van der Waals surface area contributed by atoms with Crippen molar-refractivity contribution in [2.45, 2.75) is 78.2 Å². The molecule has 0 saturated heterocycles. The first kappa shape index (κ1) is 20.6. The average molecular weight is 356 g/mol. The van der Waals surface area contributed by atoms with E-state index in [1.165, 1.54) is 11.3 Å². The molecule has 1 heterocycles. The summed E-state index contributed by atoms with van der Waals surface area (Å²) in [6, 6.07) is 3.75. The lowest BCUT2D eigenvalue weighted by atomic mass is 10.1. The number of hydrogen-bond acceptors (Lipinski definition) is 7. The van der Waals surface area contributed by atoms with Crippen LogP contribution < -0.4 is 4.74 Å². The number of hydrogen-bond donors (Lipinski definition) is 0. The summed E-state index contributed by atoms with van der Waals surface area (Å²) in [5.41, 5.74) is -1.81. The van der Waals surface area contributed by atoms with Crippen molar-refractivity contribution in [1.29, 1.82) is 0 Å². The molecule has 6 nitrogen and oxygen atoms in total. The van der Waals surface area contributed by atoms with E-state index in [-0.39, 0.29) is 12.0 Å². The van der Waals surface area contributed by atoms with Gasteiger partial charge in [0.2, 0.25) is 5.72 Å². The van der Waals surface area contributed by atoms with Crippen molar-refractivity contribution in [3.8, 4) is 5.06 Å². The van der Waals surface area contributed by atoms with Crippen LogP contribution in [0.2, 0.25) is 0 Å². The molecule has 0 saturated carbocycles. The Morgan fingerprint density at radius 3 is 2.29 bits per heavy atom. The van der Waals surface area contributed by atoms with Crippen molar-refractivity contribution in [3.63, 3.8) is 0 Å². The largest absolute Gasteiger partial charge is 0.455 e. The van der Waals surface area contributed by atoms with Crippen LogP contribution in [0.3, 0.4) is 0 Å². The van der Waals surface area contributed by atoms with Crippen molar-refractivity contribution in [3.05, 3.63) is 17.5 Å². The van der Waals surface area contributed by atoms with Crippen LogP contribution >= 0.6 is 11.3 Å². The fourth-order valence-electron chi connectivity index (χ4n) is 1.46. The first-order valence-electron chi connectivity index (χ1n) is 7.94. The Balaban J connectivity index is 2.71. The summed E-state index contributed by atoms with van der Waals surface area (Å²) in [6.07, 6.45) is 0.442. The van der Waals surface area contributed by atoms with Crippen LogP contribution in [0.4, 0.5) is 0 Å². The highest BCUT2D eigenvalue weighted by Crippen LogP contribution is 2.29. The van der Waals surface area contributed by atoms with E-state index in [1.54, 1.807) is 6.92 Å². The zero-order valence-electron chi connectivity index (χ0n) is 15.6. The fourth-order valence-corrected chi connectivity index (χ4v) is 2.14. The molecule has 0 fully saturated rings. The number of nitrogens with zero attached hydrogens (tertiary/aromatic N) is 2. The molecule has 136 valence electrons. The summed E-state index contributed by atoms with van der Waals surface area (Å²) in [7, 11) is 0. The molecular formula is C17H28N2O4S. The zero-order valence-corrected chi connectivity index (χ0v) is 16.4. The minimum absolute atomic E-state index is 0.112. The highest BCUT2D eigenvalue weighted by molar-refractivity contribution is 7.11. The number of carbonyl (C=O) groups excluding carboxylic acids is 1. The van der Waals surface area contributed by atoms with Crippen molar-refractivity contribution in [1.82, 2.24) is 0 Å². The average Bonchev–Trinajstić information content (AvgIpc) is 2.92. The topological polar surface area (TPSA) is 69.5 Å². The van der Waals surface area contributed by atoms with Gasteiger partial charge in [0.15, 0.2) is 5.06 Å². The molecular weight excluding hydrogens is 328 g/mol. The van der Waals surface area contributed by atoms with Gasteiger partial charge in [0.05, 0.1) is 12.0 Å². The van der Waals surface area contributed by atoms with Gasteiger partial charge in [-0.25, -0.2) is 4.79 Å². The smallest absolute Gasteiger partial charge is 0.342 e. The summed E-state index contributed by atoms with van der Waals surface area (Å²) in [6.45, 7) is 13.1. The van der Waals surface area contributed by atoms with Crippen LogP contribution in [0.5, 0.6) is 5.06 Å². The molecule has 7 heteroatoms. The van der Waals surface area contributed by atoms with Crippen LogP contribution in [-0.4, -0.2) is 22.8 Å². The molecule has 0 N–H and O–H groups in total. The normalized spacial score (nSPS) is 15.3. The lowest BCUT2D eigenvalue weighted by Gasteiger charge is -2.25. The maximum atomic E-state index is 11.9. The molecule has 1 unspecified atom stereocenters. The van der Waals surface area contributed by atoms with Crippen LogP contribution in [-0.2, 0) is 14.6 Å². The van der Waals surface area contributed by atoms with Gasteiger partial charge in [-0.3, -0.25) is 4.89 Å². The van der Waals surface area contributed by atoms with E-state index in [2.05, 4.69) is 10.2 Å². The minimum atomic E-state index is -0.946. The van der Waals surface area contributed by atoms with E-state index in [0.717, 1.165) is 5.06 Å². The molecule has 0 aliphatic heterocycles. The second-order valence-electron chi connectivity index (χ2n) is 7.73. The van der Waals surface area contributed by atoms with Crippen LogP contribution in [0.25, 0.3) is 0 Å². The fraction of sp³-hybridized carbons (Fsp3) is 0.706. The Kier molecular flexibility index (Phi) is 6.92. The Morgan fingerprint density at radius 1 is 1.12 bits per heavy atom. The molecule has 0 bridgehead atoms. The van der Waals surface area contributed by atoms with Gasteiger partial charge in [-0.2, -0.15) is 10.0 Å². The van der Waals surface area contributed by atoms with E-state index >= 15 is 0 Å². The molecule has 1 atom stereocenters. The SMILES string of the molecule is CC(C)(C)N=NC(C)(CCC(=O)OOC(C)(C)C)Oc1cccs1. The van der Waals surface area contributed by atoms with Gasteiger partial charge in [0.25, 0.3) is 0 Å². The van der Waals surface area contributed by atoms with Crippen molar-refractivity contribution in [2.24, 2.45) is 10.2 Å². The monoisotopic (exact) mass is 356 g/mol. The summed E-state index contributed by atoms with van der Waals surface area (Å²) in [5, 5.41) is 11.3. The van der Waals surface area contributed by atoms with Gasteiger partial charge in [-0.05, 0) is 66.0 Å². The quantitative estimate of drug-likeness (QED) is 0.385. The van der Waals surface area contributed by atoms with Gasteiger partial charge in [-0.15, -0.1) is 16.5 Å². The predicted octanol–water partition coefficient (Wildman–Crippen LogP) is 5.15. The number of azo groups is 1. The van der Waals surface area contributed by atoms with Gasteiger partial charge in [0, 0.05) is 6.42 Å². The summed E-state index contributed by atoms with van der Waals surface area (Å²) < 4.78 is 5.94. The van der Waals surface area contributed by atoms with Crippen molar-refractivity contribution >= 4 is 17.3 Å². The van der Waals surface area contributed by atoms with Gasteiger partial charge in [-0.1, -0.05) is 0 Å². The van der Waals surface area contributed by atoms with Crippen molar-refractivity contribution in [2.75, 3.05) is 0 Å². The van der Waals surface area contributed by atoms with E-state index in [9.17, 15) is 4.79 Å². The highest BCUT2D eigenvalue weighted by atomic mass is 32.1. The second-order valence-corrected chi connectivity index (χ2v) is 8.64. The van der Waals surface area contributed by atoms with E-state index < -0.39 is 17.3 Å². The van der Waals surface area contributed by atoms with Crippen LogP contribution in [0.15, 0.2) is 27.7 Å². The van der Waals surface area contributed by atoms with Crippen LogP contribution in [0, 0.1) is 0 Å². The van der Waals surface area contributed by atoms with Gasteiger partial charge < -0.3 is 4.74 Å². The number of carbonyl (C=O) groups is 1. The summed E-state index contributed by atoms with van der Waals surface area (Å²) >= 11 is 1.47. The standard InChI is InChI=1S/C17H28N2O4S/c1-15(2,3)18-19-17(7,21-14-9-8-12-24-14)11-10-13(20)22-23-16(4,5)6/h8-9,12H,10-11H2,1-7H3. The Bertz CT molecular complexity index is 544. The molecule has 1 rings (SSSR count). The van der Waals surface area contributed by atoms with E-state index in [0.29, 0.717) is 6.42 Å². The molecule has 0 radical (unpaired) electrons. The molecule has 0 amide bonds. The zero-order chi connectivity index (χ0) is 18.4. The minimum Gasteiger partial charge on any atom is -0.455 e. The maximum absolute atomic E-state index is 11.9. The molecule has 0 aromatic carbocycles. The third kappa shape index (κ3) is 8.98. The van der Waals surface area contributed by atoms with Gasteiger partial charge in [0.1, 0.15) is 5.60 Å². The number of thiophene rings is 1. The summed E-state index contributed by atoms with van der Waals surface area (Å²) in [4.78, 5) is 21.7. The van der Waals surface area contributed by atoms with E-state index in [4.69, 9.17) is 14.5 Å². The first-order valence-corrected chi connectivity index (χ1v) is 8.82. The Morgan fingerprint density at radius 2 is 1.79 bits per heavy atom. The molecule has 1 aromatic heterocycles. The first-order chi connectivity index (χ1) is 10.9. The molecule has 0 spiro atoms. The summed E-state index contributed by atoms with van der Waals surface area (Å²) in [5.74, 6) is -0.461. The Labute approximate surface area is 148 Å². The van der Waals surface area contributed by atoms with Crippen LogP contribution in [0.1, 0.15) is 61.3 Å². The number of ether oxygens (including phenoxy) is 1. The third-order valence-electron chi connectivity index (χ3n) is 2.55. The molecule has 1 aromatic rings. The Hall–Kier alpha value is -1.47. The third-order valence-corrected chi connectivity index (χ3v) is 3.30. The lowest BCUT2D eigenvalue weighted by molar-refractivity contribution is -0.320. The van der Waals surface area contributed by atoms with Crippen molar-refractivity contribution < 1.29 is 19.3 Å². The predicted molar refractivity (Wildman–Crippen MR) is 94.1 cm³/mol. The molecule has 0 aliphatic carbocycles. The van der Waals surface area contributed by atoms with Gasteiger partial charge >= 0.3 is 5.97 Å². The number of rotatable bonds is 7. The maximum Gasteiger partial charge on any atom is 0.342 e. The molecule has 24 heavy (non-hydrogen) atoms. The highest BCUT2D eigenvalue weighted by Gasteiger charge is 2.29. The second kappa shape index (κ2) is 8.07.